The van der Waals surface area contributed by atoms with Crippen molar-refractivity contribution in [3.05, 3.63) is 64.1 Å². The second-order valence-corrected chi connectivity index (χ2v) is 5.10. The van der Waals surface area contributed by atoms with Gasteiger partial charge in [-0.25, -0.2) is 13.6 Å². The van der Waals surface area contributed by atoms with E-state index in [-0.39, 0.29) is 5.69 Å². The Bertz CT molecular complexity index is 664. The topological polar surface area (TPSA) is 38.3 Å². The second-order valence-electron chi connectivity index (χ2n) is 4.25. The van der Waals surface area contributed by atoms with Crippen molar-refractivity contribution in [3.63, 3.8) is 0 Å². The van der Waals surface area contributed by atoms with Crippen molar-refractivity contribution in [1.82, 2.24) is 0 Å². The van der Waals surface area contributed by atoms with Crippen molar-refractivity contribution in [2.75, 3.05) is 12.4 Å². The average molecular weight is 356 g/mol. The summed E-state index contributed by atoms with van der Waals surface area (Å²) in [6.07, 6.45) is 0. The van der Waals surface area contributed by atoms with E-state index in [1.54, 1.807) is 6.07 Å². The minimum Gasteiger partial charge on any atom is -0.467 e. The van der Waals surface area contributed by atoms with Crippen molar-refractivity contribution in [2.24, 2.45) is 0 Å². The third kappa shape index (κ3) is 3.58. The highest BCUT2D eigenvalue weighted by Crippen LogP contribution is 2.29. The lowest BCUT2D eigenvalue weighted by Gasteiger charge is -2.19. The normalized spacial score (nSPS) is 11.8. The summed E-state index contributed by atoms with van der Waals surface area (Å²) in [6, 6.07) is 8.80. The van der Waals surface area contributed by atoms with Crippen LogP contribution < -0.4 is 5.32 Å². The number of hydrogen-bond acceptors (Lipinski definition) is 3. The first-order chi connectivity index (χ1) is 10.0. The van der Waals surface area contributed by atoms with Crippen molar-refractivity contribution in [3.8, 4) is 0 Å². The lowest BCUT2D eigenvalue weighted by atomic mass is 10.1. The summed E-state index contributed by atoms with van der Waals surface area (Å²) < 4.78 is 32.4. The minimum atomic E-state index is -1.03. The third-order valence-corrected chi connectivity index (χ3v) is 3.60. The number of anilines is 1. The van der Waals surface area contributed by atoms with Gasteiger partial charge in [0.25, 0.3) is 0 Å². The molecule has 1 atom stereocenters. The average Bonchev–Trinajstić information content (AvgIpc) is 2.48. The number of benzene rings is 2. The highest BCUT2D eigenvalue weighted by molar-refractivity contribution is 9.10. The van der Waals surface area contributed by atoms with Crippen LogP contribution >= 0.6 is 15.9 Å². The smallest absolute Gasteiger partial charge is 0.333 e. The Morgan fingerprint density at radius 1 is 1.24 bits per heavy atom. The second kappa shape index (κ2) is 6.67. The summed E-state index contributed by atoms with van der Waals surface area (Å²) >= 11 is 3.25. The molecule has 0 bridgehead atoms. The molecule has 0 fully saturated rings. The molecule has 0 saturated carbocycles. The molecule has 0 radical (unpaired) electrons. The molecule has 0 saturated heterocycles. The van der Waals surface area contributed by atoms with E-state index in [9.17, 15) is 13.6 Å². The van der Waals surface area contributed by atoms with Gasteiger partial charge in [0.1, 0.15) is 11.6 Å². The molecule has 1 unspecified atom stereocenters. The zero-order valence-electron chi connectivity index (χ0n) is 11.1. The van der Waals surface area contributed by atoms with Crippen LogP contribution in [0.15, 0.2) is 46.9 Å². The molecule has 0 aliphatic rings. The largest absolute Gasteiger partial charge is 0.467 e. The third-order valence-electron chi connectivity index (χ3n) is 2.88. The molecular weight excluding hydrogens is 344 g/mol. The fourth-order valence-corrected chi connectivity index (χ4v) is 2.33. The molecule has 0 aliphatic heterocycles. The molecular formula is C15H12BrF2NO2. The molecule has 6 heteroatoms. The van der Waals surface area contributed by atoms with E-state index >= 15 is 0 Å². The zero-order valence-corrected chi connectivity index (χ0v) is 12.7. The highest BCUT2D eigenvalue weighted by Gasteiger charge is 2.25. The van der Waals surface area contributed by atoms with Crippen LogP contribution in [0.3, 0.4) is 0 Å². The van der Waals surface area contributed by atoms with Gasteiger partial charge in [0.15, 0.2) is 6.04 Å². The van der Waals surface area contributed by atoms with Gasteiger partial charge in [0, 0.05) is 10.0 Å². The number of para-hydroxylation sites is 1. The predicted molar refractivity (Wildman–Crippen MR) is 78.9 cm³/mol. The van der Waals surface area contributed by atoms with Gasteiger partial charge in [-0.05, 0) is 30.3 Å². The Labute approximate surface area is 129 Å². The summed E-state index contributed by atoms with van der Waals surface area (Å²) in [4.78, 5) is 11.9. The first-order valence-electron chi connectivity index (χ1n) is 6.06. The predicted octanol–water partition coefficient (Wildman–Crippen LogP) is 4.05. The van der Waals surface area contributed by atoms with Crippen molar-refractivity contribution in [1.29, 1.82) is 0 Å². The summed E-state index contributed by atoms with van der Waals surface area (Å²) in [5.74, 6) is -1.67. The Morgan fingerprint density at radius 2 is 1.95 bits per heavy atom. The Balaban J connectivity index is 2.42. The fraction of sp³-hybridized carbons (Fsp3) is 0.133. The van der Waals surface area contributed by atoms with E-state index in [0.717, 1.165) is 0 Å². The van der Waals surface area contributed by atoms with Crippen LogP contribution in [0, 0.1) is 11.6 Å². The van der Waals surface area contributed by atoms with Crippen molar-refractivity contribution in [2.45, 2.75) is 6.04 Å². The summed E-state index contributed by atoms with van der Waals surface area (Å²) in [5, 5.41) is 2.74. The van der Waals surface area contributed by atoms with Gasteiger partial charge in [-0.15, -0.1) is 0 Å². The Morgan fingerprint density at radius 3 is 2.62 bits per heavy atom. The monoisotopic (exact) mass is 355 g/mol. The molecule has 2 rings (SSSR count). The van der Waals surface area contributed by atoms with E-state index in [4.69, 9.17) is 4.74 Å². The van der Waals surface area contributed by atoms with E-state index in [1.165, 1.54) is 43.5 Å². The maximum atomic E-state index is 13.7. The standard InChI is InChI=1S/C15H12BrF2NO2/c1-21-15(20)14(10-8-9(17)6-7-11(10)16)19-13-5-3-2-4-12(13)18/h2-8,14,19H,1H3. The van der Waals surface area contributed by atoms with Crippen LogP contribution in [-0.2, 0) is 9.53 Å². The van der Waals surface area contributed by atoms with Gasteiger partial charge in [-0.3, -0.25) is 0 Å². The molecule has 0 spiro atoms. The molecule has 2 aromatic carbocycles. The summed E-state index contributed by atoms with van der Waals surface area (Å²) in [6.45, 7) is 0. The van der Waals surface area contributed by atoms with E-state index in [1.807, 2.05) is 0 Å². The first kappa shape index (κ1) is 15.4. The van der Waals surface area contributed by atoms with Crippen LogP contribution in [-0.4, -0.2) is 13.1 Å². The zero-order chi connectivity index (χ0) is 15.4. The van der Waals surface area contributed by atoms with Crippen molar-refractivity contribution < 1.29 is 18.3 Å². The van der Waals surface area contributed by atoms with Gasteiger partial charge in [-0.1, -0.05) is 28.1 Å². The van der Waals surface area contributed by atoms with Crippen LogP contribution in [0.1, 0.15) is 11.6 Å². The quantitative estimate of drug-likeness (QED) is 0.840. The number of methoxy groups -OCH3 is 1. The molecule has 0 aliphatic carbocycles. The fourth-order valence-electron chi connectivity index (χ4n) is 1.85. The summed E-state index contributed by atoms with van der Waals surface area (Å²) in [5.41, 5.74) is 0.453. The lowest BCUT2D eigenvalue weighted by molar-refractivity contribution is -0.141. The van der Waals surface area contributed by atoms with Gasteiger partial charge in [0.2, 0.25) is 0 Å². The van der Waals surface area contributed by atoms with Crippen LogP contribution in [0.2, 0.25) is 0 Å². The van der Waals surface area contributed by atoms with Gasteiger partial charge in [0.05, 0.1) is 12.8 Å². The van der Waals surface area contributed by atoms with Crippen LogP contribution in [0.5, 0.6) is 0 Å². The molecule has 1 N–H and O–H groups in total. The van der Waals surface area contributed by atoms with E-state index in [0.29, 0.717) is 10.0 Å². The minimum absolute atomic E-state index is 0.129. The molecule has 0 heterocycles. The van der Waals surface area contributed by atoms with Gasteiger partial charge in [-0.2, -0.15) is 0 Å². The Kier molecular flexibility index (Phi) is 4.90. The number of ether oxygens (including phenoxy) is 1. The Hall–Kier alpha value is -1.95. The van der Waals surface area contributed by atoms with E-state index < -0.39 is 23.6 Å². The van der Waals surface area contributed by atoms with Crippen LogP contribution in [0.25, 0.3) is 0 Å². The maximum absolute atomic E-state index is 13.7. The van der Waals surface area contributed by atoms with Gasteiger partial charge < -0.3 is 10.1 Å². The van der Waals surface area contributed by atoms with Crippen molar-refractivity contribution >= 4 is 27.6 Å². The molecule has 3 nitrogen and oxygen atoms in total. The number of carbonyl (C=O) groups excluding carboxylic acids is 1. The first-order valence-corrected chi connectivity index (χ1v) is 6.86. The highest BCUT2D eigenvalue weighted by atomic mass is 79.9. The number of rotatable bonds is 4. The summed E-state index contributed by atoms with van der Waals surface area (Å²) in [7, 11) is 1.21. The molecule has 2 aromatic rings. The lowest BCUT2D eigenvalue weighted by Crippen LogP contribution is -2.23. The number of halogens is 3. The van der Waals surface area contributed by atoms with E-state index in [2.05, 4.69) is 21.2 Å². The number of hydrogen-bond donors (Lipinski definition) is 1. The number of esters is 1. The molecule has 0 aromatic heterocycles. The SMILES string of the molecule is COC(=O)C(Nc1ccccc1F)c1cc(F)ccc1Br. The van der Waals surface area contributed by atoms with Crippen LogP contribution in [0.4, 0.5) is 14.5 Å². The molecule has 110 valence electrons. The number of carbonyl (C=O) groups is 1. The maximum Gasteiger partial charge on any atom is 0.333 e. The molecule has 0 amide bonds. The molecule has 21 heavy (non-hydrogen) atoms. The van der Waals surface area contributed by atoms with Gasteiger partial charge >= 0.3 is 5.97 Å². The number of nitrogens with one attached hydrogen (secondary N) is 1.